The SMILES string of the molecule is CC(C)C(C)(CN)Nc1ccccc1S(N)(=O)=O. The van der Waals surface area contributed by atoms with E-state index < -0.39 is 10.0 Å². The molecule has 6 heteroatoms. The number of primary sulfonamides is 1. The second-order valence-electron chi connectivity index (χ2n) is 4.94. The van der Waals surface area contributed by atoms with Crippen LogP contribution < -0.4 is 16.2 Å². The summed E-state index contributed by atoms with van der Waals surface area (Å²) in [5.41, 5.74) is 5.87. The molecule has 0 aromatic heterocycles. The molecule has 0 spiro atoms. The van der Waals surface area contributed by atoms with Gasteiger partial charge in [-0.3, -0.25) is 0 Å². The summed E-state index contributed by atoms with van der Waals surface area (Å²) in [4.78, 5) is 0.0883. The molecule has 0 bridgehead atoms. The minimum absolute atomic E-state index is 0.0883. The van der Waals surface area contributed by atoms with Crippen LogP contribution in [0.1, 0.15) is 20.8 Å². The lowest BCUT2D eigenvalue weighted by Crippen LogP contribution is -2.47. The Bertz CT molecular complexity index is 514. The van der Waals surface area contributed by atoms with Gasteiger partial charge >= 0.3 is 0 Å². The van der Waals surface area contributed by atoms with Gasteiger partial charge in [0.2, 0.25) is 10.0 Å². The third kappa shape index (κ3) is 3.22. The smallest absolute Gasteiger partial charge is 0.240 e. The van der Waals surface area contributed by atoms with Crippen molar-refractivity contribution in [1.82, 2.24) is 0 Å². The van der Waals surface area contributed by atoms with Crippen LogP contribution in [0.3, 0.4) is 0 Å². The molecule has 1 aromatic rings. The molecule has 1 unspecified atom stereocenters. The third-order valence-corrected chi connectivity index (χ3v) is 4.28. The summed E-state index contributed by atoms with van der Waals surface area (Å²) >= 11 is 0. The quantitative estimate of drug-likeness (QED) is 0.747. The number of nitrogens with one attached hydrogen (secondary N) is 1. The predicted molar refractivity (Wildman–Crippen MR) is 73.7 cm³/mol. The Balaban J connectivity index is 3.20. The Kier molecular flexibility index (Phi) is 4.37. The van der Waals surface area contributed by atoms with E-state index in [0.717, 1.165) is 0 Å². The van der Waals surface area contributed by atoms with E-state index in [1.165, 1.54) is 6.07 Å². The van der Waals surface area contributed by atoms with Crippen molar-refractivity contribution >= 4 is 15.7 Å². The molecule has 0 aliphatic rings. The Morgan fingerprint density at radius 3 is 2.33 bits per heavy atom. The van der Waals surface area contributed by atoms with Crippen LogP contribution in [0.2, 0.25) is 0 Å². The van der Waals surface area contributed by atoms with E-state index in [-0.39, 0.29) is 16.4 Å². The first-order valence-electron chi connectivity index (χ1n) is 5.81. The predicted octanol–water partition coefficient (Wildman–Crippen LogP) is 1.12. The van der Waals surface area contributed by atoms with E-state index in [1.807, 2.05) is 20.8 Å². The van der Waals surface area contributed by atoms with Gasteiger partial charge in [-0.1, -0.05) is 26.0 Å². The van der Waals surface area contributed by atoms with Crippen LogP contribution in [-0.2, 0) is 10.0 Å². The molecule has 102 valence electrons. The maximum atomic E-state index is 11.5. The van der Waals surface area contributed by atoms with Crippen LogP contribution in [0.25, 0.3) is 0 Å². The topological polar surface area (TPSA) is 98.2 Å². The molecule has 0 fully saturated rings. The molecule has 1 aromatic carbocycles. The van der Waals surface area contributed by atoms with Crippen molar-refractivity contribution in [2.24, 2.45) is 16.8 Å². The largest absolute Gasteiger partial charge is 0.377 e. The van der Waals surface area contributed by atoms with E-state index in [1.54, 1.807) is 18.2 Å². The lowest BCUT2D eigenvalue weighted by atomic mass is 9.88. The summed E-state index contributed by atoms with van der Waals surface area (Å²) in [7, 11) is -3.74. The Morgan fingerprint density at radius 1 is 1.33 bits per heavy atom. The number of benzene rings is 1. The summed E-state index contributed by atoms with van der Waals surface area (Å²) in [5.74, 6) is 0.246. The second-order valence-corrected chi connectivity index (χ2v) is 6.47. The molecule has 0 heterocycles. The van der Waals surface area contributed by atoms with Gasteiger partial charge in [0.15, 0.2) is 0 Å². The van der Waals surface area contributed by atoms with E-state index >= 15 is 0 Å². The Labute approximate surface area is 109 Å². The van der Waals surface area contributed by atoms with E-state index in [9.17, 15) is 8.42 Å². The van der Waals surface area contributed by atoms with Crippen molar-refractivity contribution in [3.8, 4) is 0 Å². The van der Waals surface area contributed by atoms with Gasteiger partial charge in [-0.05, 0) is 25.0 Å². The van der Waals surface area contributed by atoms with Gasteiger partial charge in [-0.25, -0.2) is 13.6 Å². The highest BCUT2D eigenvalue weighted by Gasteiger charge is 2.28. The highest BCUT2D eigenvalue weighted by atomic mass is 32.2. The standard InChI is InChI=1S/C12H21N3O2S/c1-9(2)12(3,8-13)15-10-6-4-5-7-11(10)18(14,16)17/h4-7,9,15H,8,13H2,1-3H3,(H2,14,16,17). The number of hydrogen-bond donors (Lipinski definition) is 3. The molecule has 0 radical (unpaired) electrons. The number of rotatable bonds is 5. The van der Waals surface area contributed by atoms with Crippen molar-refractivity contribution in [2.45, 2.75) is 31.2 Å². The first-order chi connectivity index (χ1) is 8.20. The monoisotopic (exact) mass is 271 g/mol. The molecule has 5 N–H and O–H groups in total. The van der Waals surface area contributed by atoms with Gasteiger partial charge < -0.3 is 11.1 Å². The zero-order valence-electron chi connectivity index (χ0n) is 11.0. The van der Waals surface area contributed by atoms with Crippen LogP contribution in [0.5, 0.6) is 0 Å². The number of hydrogen-bond acceptors (Lipinski definition) is 4. The average Bonchev–Trinajstić information content (AvgIpc) is 2.28. The highest BCUT2D eigenvalue weighted by molar-refractivity contribution is 7.89. The normalized spacial score (nSPS) is 15.4. The third-order valence-electron chi connectivity index (χ3n) is 3.31. The molecule has 0 saturated carbocycles. The van der Waals surface area contributed by atoms with Gasteiger partial charge in [0.25, 0.3) is 0 Å². The van der Waals surface area contributed by atoms with Gasteiger partial charge in [0, 0.05) is 12.1 Å². The van der Waals surface area contributed by atoms with Crippen LogP contribution in [0.4, 0.5) is 5.69 Å². The molecular formula is C12H21N3O2S. The van der Waals surface area contributed by atoms with E-state index in [2.05, 4.69) is 5.32 Å². The molecule has 1 atom stereocenters. The number of para-hydroxylation sites is 1. The number of sulfonamides is 1. The minimum atomic E-state index is -3.74. The molecular weight excluding hydrogens is 250 g/mol. The van der Waals surface area contributed by atoms with E-state index in [4.69, 9.17) is 10.9 Å². The number of nitrogens with two attached hydrogens (primary N) is 2. The second kappa shape index (κ2) is 5.26. The van der Waals surface area contributed by atoms with Gasteiger partial charge in [-0.2, -0.15) is 0 Å². The van der Waals surface area contributed by atoms with Crippen molar-refractivity contribution in [2.75, 3.05) is 11.9 Å². The van der Waals surface area contributed by atoms with Crippen LogP contribution in [0.15, 0.2) is 29.2 Å². The van der Waals surface area contributed by atoms with Crippen molar-refractivity contribution in [3.63, 3.8) is 0 Å². The number of anilines is 1. The van der Waals surface area contributed by atoms with Gasteiger partial charge in [0.1, 0.15) is 4.90 Å². The van der Waals surface area contributed by atoms with Crippen LogP contribution in [-0.4, -0.2) is 20.5 Å². The van der Waals surface area contributed by atoms with E-state index in [0.29, 0.717) is 12.2 Å². The summed E-state index contributed by atoms with van der Waals surface area (Å²) < 4.78 is 23.0. The molecule has 0 amide bonds. The van der Waals surface area contributed by atoms with Crippen molar-refractivity contribution < 1.29 is 8.42 Å². The van der Waals surface area contributed by atoms with Gasteiger partial charge in [-0.15, -0.1) is 0 Å². The molecule has 5 nitrogen and oxygen atoms in total. The lowest BCUT2D eigenvalue weighted by molar-refractivity contribution is 0.382. The molecule has 18 heavy (non-hydrogen) atoms. The van der Waals surface area contributed by atoms with Crippen LogP contribution >= 0.6 is 0 Å². The van der Waals surface area contributed by atoms with Gasteiger partial charge in [0.05, 0.1) is 5.69 Å². The molecule has 1 rings (SSSR count). The van der Waals surface area contributed by atoms with Crippen molar-refractivity contribution in [3.05, 3.63) is 24.3 Å². The summed E-state index contributed by atoms with van der Waals surface area (Å²) in [6.07, 6.45) is 0. The zero-order valence-corrected chi connectivity index (χ0v) is 11.8. The van der Waals surface area contributed by atoms with Crippen molar-refractivity contribution in [1.29, 1.82) is 0 Å². The Hall–Kier alpha value is -1.11. The maximum Gasteiger partial charge on any atom is 0.240 e. The summed E-state index contributed by atoms with van der Waals surface area (Å²) in [5, 5.41) is 8.39. The Morgan fingerprint density at radius 2 is 1.89 bits per heavy atom. The molecule has 0 saturated heterocycles. The fraction of sp³-hybridized carbons (Fsp3) is 0.500. The molecule has 0 aliphatic carbocycles. The maximum absolute atomic E-state index is 11.5. The lowest BCUT2D eigenvalue weighted by Gasteiger charge is -2.35. The zero-order chi connectivity index (χ0) is 14.0. The first-order valence-corrected chi connectivity index (χ1v) is 7.35. The highest BCUT2D eigenvalue weighted by Crippen LogP contribution is 2.26. The first kappa shape index (κ1) is 14.9. The van der Waals surface area contributed by atoms with Crippen LogP contribution in [0, 0.1) is 5.92 Å². The molecule has 0 aliphatic heterocycles. The fourth-order valence-corrected chi connectivity index (χ4v) is 2.25. The fourth-order valence-electron chi connectivity index (χ4n) is 1.56. The summed E-state index contributed by atoms with van der Waals surface area (Å²) in [6, 6.07) is 6.57. The minimum Gasteiger partial charge on any atom is -0.377 e. The summed E-state index contributed by atoms with van der Waals surface area (Å²) in [6.45, 7) is 6.40. The average molecular weight is 271 g/mol.